The number of anilines is 1. The largest absolute Gasteiger partial charge is 0.465 e. The second-order valence-corrected chi connectivity index (χ2v) is 8.99. The van der Waals surface area contributed by atoms with Gasteiger partial charge in [-0.15, -0.1) is 0 Å². The molecule has 1 amide bonds. The first kappa shape index (κ1) is 23.5. The van der Waals surface area contributed by atoms with Gasteiger partial charge in [0.1, 0.15) is 6.04 Å². The standard InChI is InChI=1S/C23H21ClN2O5S/c1-31-23(28)19-9-5-6-10-20(19)25-22(27)21(15-16-7-3-2-4-8-16)26-32(29,30)18-13-11-17(24)12-14-18/h2-14,21,26H,15H2,1H3,(H,25,27)/t21-/m1/s1. The van der Waals surface area contributed by atoms with Gasteiger partial charge in [-0.3, -0.25) is 4.79 Å². The van der Waals surface area contributed by atoms with Crippen LogP contribution in [-0.4, -0.2) is 33.4 Å². The Morgan fingerprint density at radius 2 is 1.56 bits per heavy atom. The average molecular weight is 473 g/mol. The van der Waals surface area contributed by atoms with E-state index in [0.29, 0.717) is 5.02 Å². The highest BCUT2D eigenvalue weighted by Crippen LogP contribution is 2.19. The maximum absolute atomic E-state index is 13.1. The second-order valence-electron chi connectivity index (χ2n) is 6.84. The molecule has 0 fully saturated rings. The Bertz CT molecular complexity index is 1200. The van der Waals surface area contributed by atoms with Crippen molar-refractivity contribution in [3.05, 3.63) is 95.0 Å². The van der Waals surface area contributed by atoms with E-state index in [9.17, 15) is 18.0 Å². The molecular formula is C23H21ClN2O5S. The summed E-state index contributed by atoms with van der Waals surface area (Å²) < 4.78 is 33.0. The number of rotatable bonds is 8. The van der Waals surface area contributed by atoms with Gasteiger partial charge in [0.15, 0.2) is 0 Å². The molecule has 32 heavy (non-hydrogen) atoms. The number of halogens is 1. The van der Waals surface area contributed by atoms with Crippen LogP contribution in [0.25, 0.3) is 0 Å². The molecule has 0 heterocycles. The van der Waals surface area contributed by atoms with Crippen molar-refractivity contribution >= 4 is 39.2 Å². The number of methoxy groups -OCH3 is 1. The molecule has 0 saturated heterocycles. The first-order chi connectivity index (χ1) is 15.3. The number of hydrogen-bond donors (Lipinski definition) is 2. The molecule has 3 rings (SSSR count). The molecule has 0 aliphatic carbocycles. The number of para-hydroxylation sites is 1. The summed E-state index contributed by atoms with van der Waals surface area (Å²) in [5, 5.41) is 3.03. The van der Waals surface area contributed by atoms with Crippen LogP contribution in [0, 0.1) is 0 Å². The summed E-state index contributed by atoms with van der Waals surface area (Å²) in [6, 6.07) is 19.8. The van der Waals surface area contributed by atoms with Crippen LogP contribution in [0.5, 0.6) is 0 Å². The van der Waals surface area contributed by atoms with E-state index in [4.69, 9.17) is 16.3 Å². The number of carbonyl (C=O) groups excluding carboxylic acids is 2. The molecule has 3 aromatic carbocycles. The maximum Gasteiger partial charge on any atom is 0.339 e. The maximum atomic E-state index is 13.1. The third-order valence-corrected chi connectivity index (χ3v) is 6.35. The minimum Gasteiger partial charge on any atom is -0.465 e. The Morgan fingerprint density at radius 3 is 2.22 bits per heavy atom. The molecule has 0 radical (unpaired) electrons. The van der Waals surface area contributed by atoms with E-state index in [-0.39, 0.29) is 22.6 Å². The van der Waals surface area contributed by atoms with E-state index in [2.05, 4.69) is 10.0 Å². The minimum atomic E-state index is -4.03. The van der Waals surface area contributed by atoms with Gasteiger partial charge in [0.2, 0.25) is 15.9 Å². The molecule has 0 aliphatic heterocycles. The third kappa shape index (κ3) is 5.94. The topological polar surface area (TPSA) is 102 Å². The smallest absolute Gasteiger partial charge is 0.339 e. The Morgan fingerprint density at radius 1 is 0.938 bits per heavy atom. The van der Waals surface area contributed by atoms with Crippen LogP contribution in [-0.2, 0) is 26.0 Å². The lowest BCUT2D eigenvalue weighted by molar-refractivity contribution is -0.117. The number of ether oxygens (including phenoxy) is 1. The molecule has 2 N–H and O–H groups in total. The summed E-state index contributed by atoms with van der Waals surface area (Å²) in [4.78, 5) is 25.1. The normalized spacial score (nSPS) is 12.1. The summed E-state index contributed by atoms with van der Waals surface area (Å²) in [5.74, 6) is -1.25. The van der Waals surface area contributed by atoms with Gasteiger partial charge in [-0.1, -0.05) is 54.1 Å². The number of carbonyl (C=O) groups is 2. The zero-order chi connectivity index (χ0) is 23.1. The Kier molecular flexibility index (Phi) is 7.63. The first-order valence-electron chi connectivity index (χ1n) is 9.60. The predicted molar refractivity (Wildman–Crippen MR) is 122 cm³/mol. The minimum absolute atomic E-state index is 0.0253. The third-order valence-electron chi connectivity index (χ3n) is 4.61. The van der Waals surface area contributed by atoms with Gasteiger partial charge < -0.3 is 10.1 Å². The van der Waals surface area contributed by atoms with Crippen molar-refractivity contribution < 1.29 is 22.7 Å². The average Bonchev–Trinajstić information content (AvgIpc) is 2.79. The monoisotopic (exact) mass is 472 g/mol. The second kappa shape index (κ2) is 10.4. The van der Waals surface area contributed by atoms with Crippen molar-refractivity contribution in [2.45, 2.75) is 17.4 Å². The summed E-state index contributed by atoms with van der Waals surface area (Å²) in [5.41, 5.74) is 1.13. The van der Waals surface area contributed by atoms with Crippen molar-refractivity contribution in [2.24, 2.45) is 0 Å². The first-order valence-corrected chi connectivity index (χ1v) is 11.5. The molecule has 0 aliphatic rings. The van der Waals surface area contributed by atoms with Crippen LogP contribution in [0.2, 0.25) is 5.02 Å². The van der Waals surface area contributed by atoms with Crippen LogP contribution >= 0.6 is 11.6 Å². The number of esters is 1. The zero-order valence-corrected chi connectivity index (χ0v) is 18.7. The molecule has 0 saturated carbocycles. The van der Waals surface area contributed by atoms with Crippen molar-refractivity contribution in [1.29, 1.82) is 0 Å². The molecule has 0 aromatic heterocycles. The highest BCUT2D eigenvalue weighted by molar-refractivity contribution is 7.89. The highest BCUT2D eigenvalue weighted by atomic mass is 35.5. The van der Waals surface area contributed by atoms with Gasteiger partial charge in [0.05, 0.1) is 23.3 Å². The molecule has 9 heteroatoms. The molecule has 166 valence electrons. The van der Waals surface area contributed by atoms with Gasteiger partial charge in [-0.25, -0.2) is 13.2 Å². The molecule has 1 atom stereocenters. The van der Waals surface area contributed by atoms with Gasteiger partial charge in [-0.2, -0.15) is 4.72 Å². The molecule has 7 nitrogen and oxygen atoms in total. The van der Waals surface area contributed by atoms with E-state index in [1.807, 2.05) is 6.07 Å². The van der Waals surface area contributed by atoms with E-state index in [1.54, 1.807) is 36.4 Å². The highest BCUT2D eigenvalue weighted by Gasteiger charge is 2.27. The predicted octanol–water partition coefficient (Wildman–Crippen LogP) is 3.65. The number of nitrogens with one attached hydrogen (secondary N) is 2. The van der Waals surface area contributed by atoms with Crippen LogP contribution in [0.4, 0.5) is 5.69 Å². The van der Waals surface area contributed by atoms with Gasteiger partial charge in [-0.05, 0) is 48.4 Å². The zero-order valence-electron chi connectivity index (χ0n) is 17.1. The molecule has 3 aromatic rings. The Balaban J connectivity index is 1.90. The lowest BCUT2D eigenvalue weighted by Gasteiger charge is -2.19. The van der Waals surface area contributed by atoms with Crippen LogP contribution in [0.15, 0.2) is 83.8 Å². The van der Waals surface area contributed by atoms with Crippen molar-refractivity contribution in [3.63, 3.8) is 0 Å². The van der Waals surface area contributed by atoms with Gasteiger partial charge in [0.25, 0.3) is 0 Å². The number of amides is 1. The Labute approximate surface area is 191 Å². The van der Waals surface area contributed by atoms with Crippen molar-refractivity contribution in [1.82, 2.24) is 4.72 Å². The number of benzene rings is 3. The van der Waals surface area contributed by atoms with Crippen LogP contribution in [0.1, 0.15) is 15.9 Å². The fraction of sp³-hybridized carbons (Fsp3) is 0.130. The lowest BCUT2D eigenvalue weighted by Crippen LogP contribution is -2.45. The van der Waals surface area contributed by atoms with E-state index in [0.717, 1.165) is 5.56 Å². The van der Waals surface area contributed by atoms with Crippen molar-refractivity contribution in [3.8, 4) is 0 Å². The number of hydrogen-bond acceptors (Lipinski definition) is 5. The lowest BCUT2D eigenvalue weighted by atomic mass is 10.1. The van der Waals surface area contributed by atoms with Crippen LogP contribution < -0.4 is 10.0 Å². The molecule has 0 bridgehead atoms. The fourth-order valence-corrected chi connectivity index (χ4v) is 4.33. The summed E-state index contributed by atoms with van der Waals surface area (Å²) in [6.07, 6.45) is 0.0971. The fourth-order valence-electron chi connectivity index (χ4n) is 3.01. The van der Waals surface area contributed by atoms with E-state index in [1.165, 1.54) is 43.5 Å². The summed E-state index contributed by atoms with van der Waals surface area (Å²) >= 11 is 5.85. The van der Waals surface area contributed by atoms with Gasteiger partial charge >= 0.3 is 5.97 Å². The van der Waals surface area contributed by atoms with Crippen LogP contribution in [0.3, 0.4) is 0 Å². The summed E-state index contributed by atoms with van der Waals surface area (Å²) in [7, 11) is -2.79. The molecular weight excluding hydrogens is 452 g/mol. The van der Waals surface area contributed by atoms with Crippen molar-refractivity contribution in [2.75, 3.05) is 12.4 Å². The van der Waals surface area contributed by atoms with Gasteiger partial charge in [0, 0.05) is 5.02 Å². The Hall–Kier alpha value is -3.20. The SMILES string of the molecule is COC(=O)c1ccccc1NC(=O)[C@@H](Cc1ccccc1)NS(=O)(=O)c1ccc(Cl)cc1. The quantitative estimate of drug-likeness (QED) is 0.487. The van der Waals surface area contributed by atoms with E-state index >= 15 is 0 Å². The molecule has 0 unspecified atom stereocenters. The van der Waals surface area contributed by atoms with E-state index < -0.39 is 27.9 Å². The number of sulfonamides is 1. The summed E-state index contributed by atoms with van der Waals surface area (Å²) in [6.45, 7) is 0. The molecule has 0 spiro atoms.